The van der Waals surface area contributed by atoms with E-state index in [9.17, 15) is 8.78 Å². The molecule has 1 fully saturated rings. The molecule has 0 bridgehead atoms. The van der Waals surface area contributed by atoms with Crippen molar-refractivity contribution in [3.05, 3.63) is 29.6 Å². The van der Waals surface area contributed by atoms with Gasteiger partial charge in [0.25, 0.3) is 0 Å². The van der Waals surface area contributed by atoms with Gasteiger partial charge in [-0.3, -0.25) is 4.90 Å². The van der Waals surface area contributed by atoms with E-state index in [4.69, 9.17) is 4.74 Å². The van der Waals surface area contributed by atoms with Gasteiger partial charge in [-0.15, -0.1) is 12.4 Å². The van der Waals surface area contributed by atoms with Crippen LogP contribution in [0, 0.1) is 5.82 Å². The zero-order chi connectivity index (χ0) is 13.0. The van der Waals surface area contributed by atoms with Gasteiger partial charge in [0.05, 0.1) is 13.2 Å². The van der Waals surface area contributed by atoms with E-state index in [0.717, 1.165) is 13.1 Å². The maximum atomic E-state index is 13.9. The first kappa shape index (κ1) is 16.1. The Labute approximate surface area is 118 Å². The van der Waals surface area contributed by atoms with Gasteiger partial charge >= 0.3 is 0 Å². The van der Waals surface area contributed by atoms with Crippen LogP contribution in [0.1, 0.15) is 11.6 Å². The van der Waals surface area contributed by atoms with Crippen LogP contribution in [0.3, 0.4) is 0 Å². The van der Waals surface area contributed by atoms with Crippen LogP contribution in [0.15, 0.2) is 18.2 Å². The van der Waals surface area contributed by atoms with Crippen LogP contribution in [-0.2, 0) is 0 Å². The molecule has 0 aromatic heterocycles. The highest BCUT2D eigenvalue weighted by Gasteiger charge is 2.27. The molecule has 0 radical (unpaired) electrons. The Bertz CT molecular complexity index is 400. The van der Waals surface area contributed by atoms with E-state index < -0.39 is 18.5 Å². The number of methoxy groups -OCH3 is 1. The van der Waals surface area contributed by atoms with Gasteiger partial charge in [-0.05, 0) is 12.1 Å². The molecule has 1 aliphatic heterocycles. The van der Waals surface area contributed by atoms with E-state index in [2.05, 4.69) is 5.32 Å². The van der Waals surface area contributed by atoms with Crippen LogP contribution in [-0.4, -0.2) is 44.9 Å². The summed E-state index contributed by atoms with van der Waals surface area (Å²) < 4.78 is 32.4. The number of benzene rings is 1. The number of nitrogens with zero attached hydrogens (tertiary/aromatic N) is 1. The van der Waals surface area contributed by atoms with Crippen molar-refractivity contribution in [3.8, 4) is 5.75 Å². The van der Waals surface area contributed by atoms with Crippen molar-refractivity contribution in [1.82, 2.24) is 10.2 Å². The molecule has 19 heavy (non-hydrogen) atoms. The number of nitrogens with one attached hydrogen (secondary N) is 1. The molecule has 108 valence electrons. The van der Waals surface area contributed by atoms with Crippen LogP contribution >= 0.6 is 12.4 Å². The summed E-state index contributed by atoms with van der Waals surface area (Å²) in [5.74, 6) is 0.00622. The molecule has 3 nitrogen and oxygen atoms in total. The molecule has 0 saturated carbocycles. The van der Waals surface area contributed by atoms with E-state index >= 15 is 0 Å². The van der Waals surface area contributed by atoms with E-state index in [0.29, 0.717) is 24.4 Å². The van der Waals surface area contributed by atoms with E-state index in [-0.39, 0.29) is 12.4 Å². The molecule has 1 N–H and O–H groups in total. The molecule has 1 saturated heterocycles. The lowest BCUT2D eigenvalue weighted by molar-refractivity contribution is 0.142. The quantitative estimate of drug-likeness (QED) is 0.920. The predicted octanol–water partition coefficient (Wildman–Crippen LogP) is 2.17. The van der Waals surface area contributed by atoms with Crippen molar-refractivity contribution >= 4 is 12.4 Å². The largest absolute Gasteiger partial charge is 0.496 e. The highest BCUT2D eigenvalue weighted by Crippen LogP contribution is 2.32. The second-order valence-corrected chi connectivity index (χ2v) is 4.31. The molecule has 1 atom stereocenters. The highest BCUT2D eigenvalue weighted by molar-refractivity contribution is 5.85. The monoisotopic (exact) mass is 292 g/mol. The second kappa shape index (κ2) is 7.62. The van der Waals surface area contributed by atoms with Crippen LogP contribution in [0.4, 0.5) is 8.78 Å². The Morgan fingerprint density at radius 2 is 2.05 bits per heavy atom. The Hall–Kier alpha value is -0.910. The minimum Gasteiger partial charge on any atom is -0.496 e. The average molecular weight is 293 g/mol. The summed E-state index contributed by atoms with van der Waals surface area (Å²) in [6.07, 6.45) is 0. The lowest BCUT2D eigenvalue weighted by Crippen LogP contribution is -2.46. The smallest absolute Gasteiger partial charge is 0.131 e. The Balaban J connectivity index is 0.00000180. The van der Waals surface area contributed by atoms with Gasteiger partial charge in [-0.2, -0.15) is 0 Å². The van der Waals surface area contributed by atoms with Crippen LogP contribution in [0.2, 0.25) is 0 Å². The van der Waals surface area contributed by atoms with Crippen LogP contribution < -0.4 is 10.1 Å². The molecule has 1 aromatic rings. The van der Waals surface area contributed by atoms with Crippen LogP contribution in [0.25, 0.3) is 0 Å². The third-order valence-electron chi connectivity index (χ3n) is 3.30. The zero-order valence-electron chi connectivity index (χ0n) is 10.9. The molecular weight excluding hydrogens is 274 g/mol. The third kappa shape index (κ3) is 3.55. The SMILES string of the molecule is COc1cccc(F)c1[C@@H](CF)N1CCNCC1.Cl. The summed E-state index contributed by atoms with van der Waals surface area (Å²) in [7, 11) is 1.48. The lowest BCUT2D eigenvalue weighted by Gasteiger charge is -2.34. The molecule has 6 heteroatoms. The highest BCUT2D eigenvalue weighted by atomic mass is 35.5. The van der Waals surface area contributed by atoms with Crippen molar-refractivity contribution in [2.75, 3.05) is 40.0 Å². The minimum absolute atomic E-state index is 0. The number of ether oxygens (including phenoxy) is 1. The maximum absolute atomic E-state index is 13.9. The number of hydrogen-bond donors (Lipinski definition) is 1. The van der Waals surface area contributed by atoms with Gasteiger partial charge in [0.15, 0.2) is 0 Å². The zero-order valence-corrected chi connectivity index (χ0v) is 11.7. The fraction of sp³-hybridized carbons (Fsp3) is 0.538. The Kier molecular flexibility index (Phi) is 6.48. The molecule has 1 heterocycles. The average Bonchev–Trinajstić information content (AvgIpc) is 2.42. The fourth-order valence-corrected chi connectivity index (χ4v) is 2.37. The van der Waals surface area contributed by atoms with Gasteiger partial charge in [-0.25, -0.2) is 8.78 Å². The first-order valence-electron chi connectivity index (χ1n) is 6.11. The number of halogens is 3. The summed E-state index contributed by atoms with van der Waals surface area (Å²) in [4.78, 5) is 1.96. The van der Waals surface area contributed by atoms with E-state index in [1.807, 2.05) is 4.90 Å². The maximum Gasteiger partial charge on any atom is 0.131 e. The van der Waals surface area contributed by atoms with Crippen molar-refractivity contribution in [1.29, 1.82) is 0 Å². The molecule has 2 rings (SSSR count). The normalized spacial score (nSPS) is 17.6. The summed E-state index contributed by atoms with van der Waals surface area (Å²) in [5.41, 5.74) is 0.324. The molecule has 0 unspecified atom stereocenters. The molecular formula is C13H19ClF2N2O. The van der Waals surface area contributed by atoms with Gasteiger partial charge in [0, 0.05) is 31.7 Å². The Morgan fingerprint density at radius 3 is 2.63 bits per heavy atom. The molecule has 1 aliphatic rings. The summed E-state index contributed by atoms with van der Waals surface area (Å²) >= 11 is 0. The summed E-state index contributed by atoms with van der Waals surface area (Å²) in [6, 6.07) is 4.03. The van der Waals surface area contributed by atoms with Gasteiger partial charge < -0.3 is 10.1 Å². The van der Waals surface area contributed by atoms with Crippen molar-refractivity contribution in [2.45, 2.75) is 6.04 Å². The molecule has 0 spiro atoms. The van der Waals surface area contributed by atoms with Crippen LogP contribution in [0.5, 0.6) is 5.75 Å². The molecule has 0 amide bonds. The fourth-order valence-electron chi connectivity index (χ4n) is 2.37. The number of hydrogen-bond acceptors (Lipinski definition) is 3. The van der Waals surface area contributed by atoms with E-state index in [1.165, 1.54) is 13.2 Å². The first-order chi connectivity index (χ1) is 8.77. The summed E-state index contributed by atoms with van der Waals surface area (Å²) in [5, 5.41) is 3.20. The molecule has 0 aliphatic carbocycles. The van der Waals surface area contributed by atoms with Crippen molar-refractivity contribution in [3.63, 3.8) is 0 Å². The lowest BCUT2D eigenvalue weighted by atomic mass is 10.0. The topological polar surface area (TPSA) is 24.5 Å². The first-order valence-corrected chi connectivity index (χ1v) is 6.11. The third-order valence-corrected chi connectivity index (χ3v) is 3.30. The van der Waals surface area contributed by atoms with Crippen molar-refractivity contribution in [2.24, 2.45) is 0 Å². The van der Waals surface area contributed by atoms with Gasteiger partial charge in [-0.1, -0.05) is 6.07 Å². The van der Waals surface area contributed by atoms with E-state index in [1.54, 1.807) is 12.1 Å². The summed E-state index contributed by atoms with van der Waals surface area (Å²) in [6.45, 7) is 2.41. The van der Waals surface area contributed by atoms with Crippen molar-refractivity contribution < 1.29 is 13.5 Å². The number of rotatable bonds is 4. The second-order valence-electron chi connectivity index (χ2n) is 4.31. The predicted molar refractivity (Wildman–Crippen MR) is 73.4 cm³/mol. The van der Waals surface area contributed by atoms with Gasteiger partial charge in [0.1, 0.15) is 18.2 Å². The van der Waals surface area contributed by atoms with Gasteiger partial charge in [0.2, 0.25) is 0 Å². The minimum atomic E-state index is -0.614. The number of piperazine rings is 1. The number of alkyl halides is 1. The standard InChI is InChI=1S/C13H18F2N2O.ClH/c1-18-12-4-2-3-10(15)13(12)11(9-14)17-7-5-16-6-8-17;/h2-4,11,16H,5-9H2,1H3;1H/t11-;/m1./s1. The molecule has 1 aromatic carbocycles. The Morgan fingerprint density at radius 1 is 1.37 bits per heavy atom.